The number of hydrogen-bond acceptors (Lipinski definition) is 1. The molecule has 6 unspecified atom stereocenters. The minimum atomic E-state index is -4.93. The first-order valence-corrected chi connectivity index (χ1v) is 14.5. The maximum absolute atomic E-state index is 13.7. The van der Waals surface area contributed by atoms with Crippen LogP contribution >= 0.6 is 0 Å². The average molecular weight is 483 g/mol. The van der Waals surface area contributed by atoms with Crippen molar-refractivity contribution in [3.8, 4) is 0 Å². The Labute approximate surface area is 139 Å². The topological polar surface area (TPSA) is 9.23 Å². The minimum absolute atomic E-state index is 0.913. The van der Waals surface area contributed by atoms with Crippen LogP contribution in [0, 0.1) is 0 Å². The molecule has 0 aromatic rings. The molecule has 0 heterocycles. The fourth-order valence-corrected chi connectivity index (χ4v) is 13.4. The maximum atomic E-state index is 13.7. The molecule has 0 radical (unpaired) electrons. The van der Waals surface area contributed by atoms with E-state index >= 15 is 0 Å². The molecule has 146 valence electrons. The summed E-state index contributed by atoms with van der Waals surface area (Å²) in [6.45, 7) is -5.09. The molecule has 1 nitrogen and oxygen atoms in total. The predicted molar refractivity (Wildman–Crippen MR) is 74.5 cm³/mol. The van der Waals surface area contributed by atoms with Gasteiger partial charge in [-0.25, -0.2) is 0 Å². The molecular weight excluding hydrogens is 462 g/mol. The number of rotatable bonds is 13. The summed E-state index contributed by atoms with van der Waals surface area (Å²) in [6, 6.07) is 0. The van der Waals surface area contributed by atoms with E-state index < -0.39 is 89.2 Å². The molecule has 0 aliphatic rings. The normalized spacial score (nSPS) is 22.2. The summed E-state index contributed by atoms with van der Waals surface area (Å²) in [6.07, 6.45) is -15.2. The number of halogens is 9. The average Bonchev–Trinajstić information content (AvgIpc) is 2.58. The number of hydrogen-bond donors (Lipinski definition) is 0. The first-order chi connectivity index (χ1) is 11.2. The van der Waals surface area contributed by atoms with Gasteiger partial charge in [0.15, 0.2) is 0 Å². The summed E-state index contributed by atoms with van der Waals surface area (Å²) in [5, 5.41) is 0. The molecule has 0 aromatic carbocycles. The van der Waals surface area contributed by atoms with Crippen molar-refractivity contribution >= 4 is 18.8 Å². The van der Waals surface area contributed by atoms with Gasteiger partial charge in [0.1, 0.15) is 0 Å². The summed E-state index contributed by atoms with van der Waals surface area (Å²) in [5.41, 5.74) is 0. The van der Waals surface area contributed by atoms with Crippen molar-refractivity contribution in [2.24, 2.45) is 0 Å². The van der Waals surface area contributed by atoms with Crippen LogP contribution in [0.3, 0.4) is 0 Å². The van der Waals surface area contributed by atoms with Crippen LogP contribution < -0.4 is 0 Å². The fourth-order valence-electron chi connectivity index (χ4n) is 2.24. The van der Waals surface area contributed by atoms with E-state index in [1.807, 2.05) is 0 Å². The summed E-state index contributed by atoms with van der Waals surface area (Å²) in [7, 11) is 0.913. The zero-order chi connectivity index (χ0) is 18.9. The van der Waals surface area contributed by atoms with Crippen LogP contribution in [0.1, 0.15) is 0 Å². The second-order valence-corrected chi connectivity index (χ2v) is 17.0. The Morgan fingerprint density at radius 1 is 0.583 bits per heavy atom. The van der Waals surface area contributed by atoms with Crippen LogP contribution in [0.25, 0.3) is 0 Å². The van der Waals surface area contributed by atoms with Crippen LogP contribution in [0.5, 0.6) is 0 Å². The molecule has 0 spiro atoms. The van der Waals surface area contributed by atoms with Crippen molar-refractivity contribution in [1.29, 1.82) is 0 Å². The number of alkyl halides is 9. The van der Waals surface area contributed by atoms with E-state index in [2.05, 4.69) is 0 Å². The Morgan fingerprint density at radius 2 is 0.833 bits per heavy atom. The van der Waals surface area contributed by atoms with E-state index in [1.165, 1.54) is 0 Å². The van der Waals surface area contributed by atoms with Crippen LogP contribution in [0.4, 0.5) is 39.5 Å². The van der Waals surface area contributed by atoms with E-state index in [0.717, 1.165) is 7.11 Å². The summed E-state index contributed by atoms with van der Waals surface area (Å²) in [5.74, 6) is 0. The van der Waals surface area contributed by atoms with Gasteiger partial charge in [-0.1, -0.05) is 0 Å². The zero-order valence-corrected chi connectivity index (χ0v) is 15.9. The quantitative estimate of drug-likeness (QED) is 0.277. The first-order valence-electron chi connectivity index (χ1n) is 7.23. The summed E-state index contributed by atoms with van der Waals surface area (Å²) < 4.78 is 119. The van der Waals surface area contributed by atoms with Crippen molar-refractivity contribution in [2.45, 2.75) is 50.3 Å². The van der Waals surface area contributed by atoms with Gasteiger partial charge >= 0.3 is 139 Å². The molecule has 0 fully saturated rings. The molecule has 0 aromatic heterocycles. The molecule has 0 aliphatic carbocycles. The molecule has 0 aliphatic heterocycles. The molecule has 0 amide bonds. The zero-order valence-electron chi connectivity index (χ0n) is 13.0. The van der Waals surface area contributed by atoms with Gasteiger partial charge in [0.2, 0.25) is 0 Å². The molecule has 11 heteroatoms. The van der Waals surface area contributed by atoms with Crippen molar-refractivity contribution in [3.63, 3.8) is 0 Å². The Balaban J connectivity index is 5.33. The SMILES string of the molecule is C[O][Sn]([CH2]C(F)C(F)CF)([CH2]C(F)C(F)CF)[CH2]C(F)C(F)CF. The summed E-state index contributed by atoms with van der Waals surface area (Å²) >= 11 is -4.93. The Bertz CT molecular complexity index is 293. The van der Waals surface area contributed by atoms with Gasteiger partial charge in [-0.3, -0.25) is 0 Å². The second-order valence-electron chi connectivity index (χ2n) is 5.56. The monoisotopic (exact) mass is 484 g/mol. The predicted octanol–water partition coefficient (Wildman–Crippen LogP) is 4.52. The third-order valence-electron chi connectivity index (χ3n) is 3.75. The van der Waals surface area contributed by atoms with Crippen LogP contribution in [-0.2, 0) is 3.07 Å². The van der Waals surface area contributed by atoms with Crippen LogP contribution in [0.15, 0.2) is 0 Å². The van der Waals surface area contributed by atoms with Gasteiger partial charge in [-0.05, 0) is 0 Å². The van der Waals surface area contributed by atoms with Gasteiger partial charge in [0.25, 0.3) is 0 Å². The molecule has 0 saturated carbocycles. The van der Waals surface area contributed by atoms with Gasteiger partial charge in [0.05, 0.1) is 0 Å². The Hall–Kier alpha value is 0.129. The van der Waals surface area contributed by atoms with Crippen LogP contribution in [0.2, 0.25) is 13.3 Å². The van der Waals surface area contributed by atoms with Crippen molar-refractivity contribution < 1.29 is 42.6 Å². The van der Waals surface area contributed by atoms with Crippen LogP contribution in [-0.4, -0.2) is 83.0 Å². The summed E-state index contributed by atoms with van der Waals surface area (Å²) in [4.78, 5) is 0. The van der Waals surface area contributed by atoms with Crippen molar-refractivity contribution in [3.05, 3.63) is 0 Å². The Morgan fingerprint density at radius 3 is 1.00 bits per heavy atom. The van der Waals surface area contributed by atoms with E-state index in [-0.39, 0.29) is 0 Å². The molecule has 24 heavy (non-hydrogen) atoms. The third-order valence-corrected chi connectivity index (χ3v) is 15.9. The van der Waals surface area contributed by atoms with E-state index in [9.17, 15) is 39.5 Å². The third kappa shape index (κ3) is 7.57. The second kappa shape index (κ2) is 11.7. The molecule has 0 saturated heterocycles. The van der Waals surface area contributed by atoms with E-state index in [4.69, 9.17) is 3.07 Å². The first kappa shape index (κ1) is 24.1. The molecule has 0 N–H and O–H groups in total. The van der Waals surface area contributed by atoms with Gasteiger partial charge < -0.3 is 0 Å². The van der Waals surface area contributed by atoms with Gasteiger partial charge in [-0.2, -0.15) is 0 Å². The van der Waals surface area contributed by atoms with Gasteiger partial charge in [0, 0.05) is 0 Å². The van der Waals surface area contributed by atoms with E-state index in [1.54, 1.807) is 0 Å². The molecule has 0 rings (SSSR count). The fraction of sp³-hybridized carbons (Fsp3) is 1.00. The van der Waals surface area contributed by atoms with Gasteiger partial charge in [-0.15, -0.1) is 0 Å². The van der Waals surface area contributed by atoms with Crippen molar-refractivity contribution in [1.82, 2.24) is 0 Å². The molecule has 6 atom stereocenters. The van der Waals surface area contributed by atoms with Crippen molar-refractivity contribution in [2.75, 3.05) is 27.1 Å². The van der Waals surface area contributed by atoms with E-state index in [0.29, 0.717) is 0 Å². The molecule has 0 bridgehead atoms. The molecular formula is C13H21F9OSn. The Kier molecular flexibility index (Phi) is 11.8. The standard InChI is InChI=1S/3C4H6F3.CH3O.Sn/c3*1-3(6)4(7)2-5;1-2;/h3*3-4H,1-2H2;1H3;/q;;;-1;+1.